The number of nitriles is 1. The van der Waals surface area contributed by atoms with Crippen LogP contribution in [0.1, 0.15) is 47.5 Å². The van der Waals surface area contributed by atoms with Crippen molar-refractivity contribution in [3.05, 3.63) is 45.4 Å². The van der Waals surface area contributed by atoms with Crippen LogP contribution < -0.4 is 4.74 Å². The number of nitrogens with zero attached hydrogens (tertiary/aromatic N) is 2. The lowest BCUT2D eigenvalue weighted by Crippen LogP contribution is -2.23. The van der Waals surface area contributed by atoms with Crippen LogP contribution in [0.25, 0.3) is 0 Å². The van der Waals surface area contributed by atoms with Crippen molar-refractivity contribution in [3.63, 3.8) is 0 Å². The van der Waals surface area contributed by atoms with Crippen molar-refractivity contribution in [3.8, 4) is 11.8 Å². The number of thiazole rings is 1. The van der Waals surface area contributed by atoms with E-state index in [1.54, 1.807) is 12.3 Å². The monoisotopic (exact) mass is 386 g/mol. The zero-order valence-corrected chi connectivity index (χ0v) is 16.6. The summed E-state index contributed by atoms with van der Waals surface area (Å²) < 4.78 is 10.5. The SMILES string of the molecule is Cc1csc([C@H](C#N)C(=O)COC(=O)COc2cc(C(C)C)ccc2C)n1. The number of ketones is 1. The van der Waals surface area contributed by atoms with Crippen LogP contribution in [0.4, 0.5) is 0 Å². The third-order valence-electron chi connectivity index (χ3n) is 3.93. The molecule has 0 spiro atoms. The fraction of sp³-hybridized carbons (Fsp3) is 0.400. The number of benzene rings is 1. The van der Waals surface area contributed by atoms with Gasteiger partial charge >= 0.3 is 5.97 Å². The summed E-state index contributed by atoms with van der Waals surface area (Å²) in [7, 11) is 0. The Morgan fingerprint density at radius 3 is 2.59 bits per heavy atom. The standard InChI is InChI=1S/C20H22N2O4S/c1-12(2)15-6-5-13(3)18(7-15)25-10-19(24)26-9-17(23)16(8-21)20-22-14(4)11-27-20/h5-7,11-12,16H,9-10H2,1-4H3/t16-/m1/s1. The summed E-state index contributed by atoms with van der Waals surface area (Å²) in [5.74, 6) is -1.24. The van der Waals surface area contributed by atoms with Crippen LogP contribution in [0.15, 0.2) is 23.6 Å². The molecule has 0 aliphatic carbocycles. The van der Waals surface area contributed by atoms with Gasteiger partial charge in [-0.2, -0.15) is 5.26 Å². The highest BCUT2D eigenvalue weighted by atomic mass is 32.1. The van der Waals surface area contributed by atoms with E-state index in [4.69, 9.17) is 9.47 Å². The molecular weight excluding hydrogens is 364 g/mol. The molecule has 142 valence electrons. The maximum Gasteiger partial charge on any atom is 0.344 e. The molecule has 7 heteroatoms. The Bertz CT molecular complexity index is 867. The van der Waals surface area contributed by atoms with Crippen LogP contribution in [0.5, 0.6) is 5.75 Å². The fourth-order valence-electron chi connectivity index (χ4n) is 2.31. The summed E-state index contributed by atoms with van der Waals surface area (Å²) in [6.45, 7) is 7.04. The number of aryl methyl sites for hydroxylation is 2. The minimum atomic E-state index is -1.03. The van der Waals surface area contributed by atoms with Crippen LogP contribution in [0, 0.1) is 25.2 Å². The van der Waals surface area contributed by atoms with E-state index < -0.39 is 24.3 Å². The zero-order valence-electron chi connectivity index (χ0n) is 15.8. The summed E-state index contributed by atoms with van der Waals surface area (Å²) in [6, 6.07) is 7.77. The van der Waals surface area contributed by atoms with Crippen LogP contribution in [0.3, 0.4) is 0 Å². The highest BCUT2D eigenvalue weighted by Crippen LogP contribution is 2.24. The molecule has 0 amide bonds. The molecule has 27 heavy (non-hydrogen) atoms. The summed E-state index contributed by atoms with van der Waals surface area (Å²) in [6.07, 6.45) is 0. The van der Waals surface area contributed by atoms with Gasteiger partial charge in [0.2, 0.25) is 0 Å². The summed E-state index contributed by atoms with van der Waals surface area (Å²) in [5.41, 5.74) is 2.76. The van der Waals surface area contributed by atoms with E-state index in [1.807, 2.05) is 31.2 Å². The number of hydrogen-bond acceptors (Lipinski definition) is 7. The summed E-state index contributed by atoms with van der Waals surface area (Å²) >= 11 is 1.24. The van der Waals surface area contributed by atoms with Gasteiger partial charge in [0.1, 0.15) is 10.8 Å². The van der Waals surface area contributed by atoms with Gasteiger partial charge in [0, 0.05) is 11.1 Å². The van der Waals surface area contributed by atoms with Gasteiger partial charge in [0.25, 0.3) is 0 Å². The van der Waals surface area contributed by atoms with Gasteiger partial charge in [0.15, 0.2) is 24.9 Å². The van der Waals surface area contributed by atoms with E-state index in [0.717, 1.165) is 16.8 Å². The largest absolute Gasteiger partial charge is 0.482 e. The molecule has 1 aromatic heterocycles. The topological polar surface area (TPSA) is 89.3 Å². The number of Topliss-reactive ketones (excluding diaryl/α,β-unsaturated/α-hetero) is 1. The van der Waals surface area contributed by atoms with Crippen molar-refractivity contribution in [2.24, 2.45) is 0 Å². The molecule has 2 aromatic rings. The van der Waals surface area contributed by atoms with E-state index in [1.165, 1.54) is 11.3 Å². The minimum absolute atomic E-state index is 0.302. The predicted molar refractivity (Wildman–Crippen MR) is 102 cm³/mol. The number of aromatic nitrogens is 1. The highest BCUT2D eigenvalue weighted by molar-refractivity contribution is 7.09. The first-order valence-electron chi connectivity index (χ1n) is 8.55. The molecule has 2 rings (SSSR count). The van der Waals surface area contributed by atoms with Crippen molar-refractivity contribution in [2.75, 3.05) is 13.2 Å². The Balaban J connectivity index is 1.88. The summed E-state index contributed by atoms with van der Waals surface area (Å²) in [5, 5.41) is 11.4. The van der Waals surface area contributed by atoms with Gasteiger partial charge in [-0.05, 0) is 37.0 Å². The van der Waals surface area contributed by atoms with Crippen molar-refractivity contribution in [2.45, 2.75) is 39.5 Å². The van der Waals surface area contributed by atoms with Gasteiger partial charge in [-0.3, -0.25) is 4.79 Å². The lowest BCUT2D eigenvalue weighted by atomic mass is 10.0. The van der Waals surface area contributed by atoms with Crippen molar-refractivity contribution >= 4 is 23.1 Å². The van der Waals surface area contributed by atoms with Crippen molar-refractivity contribution < 1.29 is 19.1 Å². The Hall–Kier alpha value is -2.72. The molecule has 0 unspecified atom stereocenters. The van der Waals surface area contributed by atoms with Gasteiger partial charge in [-0.1, -0.05) is 26.0 Å². The third-order valence-corrected chi connectivity index (χ3v) is 4.96. The number of rotatable bonds is 8. The first kappa shape index (κ1) is 20.6. The maximum atomic E-state index is 12.2. The Kier molecular flexibility index (Phi) is 7.08. The first-order chi connectivity index (χ1) is 12.8. The number of esters is 1. The van der Waals surface area contributed by atoms with Crippen LogP contribution >= 0.6 is 11.3 Å². The molecule has 0 aliphatic rings. The Morgan fingerprint density at radius 2 is 2.00 bits per heavy atom. The zero-order chi connectivity index (χ0) is 20.0. The first-order valence-corrected chi connectivity index (χ1v) is 9.43. The van der Waals surface area contributed by atoms with E-state index in [-0.39, 0.29) is 6.61 Å². The van der Waals surface area contributed by atoms with E-state index in [9.17, 15) is 14.9 Å². The number of hydrogen-bond donors (Lipinski definition) is 0. The molecule has 6 nitrogen and oxygen atoms in total. The number of ether oxygens (including phenoxy) is 2. The molecular formula is C20H22N2O4S. The normalized spacial score (nSPS) is 11.7. The van der Waals surface area contributed by atoms with E-state index in [2.05, 4.69) is 18.8 Å². The van der Waals surface area contributed by atoms with E-state index >= 15 is 0 Å². The second-order valence-corrected chi connectivity index (χ2v) is 7.37. The third kappa shape index (κ3) is 5.63. The Morgan fingerprint density at radius 1 is 1.26 bits per heavy atom. The maximum absolute atomic E-state index is 12.2. The van der Waals surface area contributed by atoms with Crippen LogP contribution in [0.2, 0.25) is 0 Å². The van der Waals surface area contributed by atoms with Gasteiger partial charge < -0.3 is 9.47 Å². The van der Waals surface area contributed by atoms with Crippen molar-refractivity contribution in [1.82, 2.24) is 4.98 Å². The minimum Gasteiger partial charge on any atom is -0.482 e. The Labute approximate surface area is 162 Å². The van der Waals surface area contributed by atoms with Crippen LogP contribution in [-0.4, -0.2) is 30.0 Å². The molecule has 1 heterocycles. The summed E-state index contributed by atoms with van der Waals surface area (Å²) in [4.78, 5) is 28.2. The molecule has 0 bridgehead atoms. The lowest BCUT2D eigenvalue weighted by Gasteiger charge is -2.12. The molecule has 0 saturated heterocycles. The number of carbonyl (C=O) groups excluding carboxylic acids is 2. The quantitative estimate of drug-likeness (QED) is 0.643. The molecule has 1 aromatic carbocycles. The van der Waals surface area contributed by atoms with Gasteiger partial charge in [-0.15, -0.1) is 11.3 Å². The smallest absolute Gasteiger partial charge is 0.344 e. The molecule has 1 atom stereocenters. The van der Waals surface area contributed by atoms with Crippen LogP contribution in [-0.2, 0) is 14.3 Å². The molecule has 0 saturated carbocycles. The van der Waals surface area contributed by atoms with Crippen molar-refractivity contribution in [1.29, 1.82) is 5.26 Å². The predicted octanol–water partition coefficient (Wildman–Crippen LogP) is 3.68. The average molecular weight is 386 g/mol. The van der Waals surface area contributed by atoms with Gasteiger partial charge in [-0.25, -0.2) is 9.78 Å². The van der Waals surface area contributed by atoms with E-state index in [0.29, 0.717) is 16.7 Å². The lowest BCUT2D eigenvalue weighted by molar-refractivity contribution is -0.150. The fourth-order valence-corrected chi connectivity index (χ4v) is 3.18. The number of carbonyl (C=O) groups is 2. The molecule has 0 aliphatic heterocycles. The molecule has 0 N–H and O–H groups in total. The average Bonchev–Trinajstić information content (AvgIpc) is 3.05. The molecule has 0 fully saturated rings. The second kappa shape index (κ2) is 9.28. The second-order valence-electron chi connectivity index (χ2n) is 6.48. The van der Waals surface area contributed by atoms with Gasteiger partial charge in [0.05, 0.1) is 6.07 Å². The molecule has 0 radical (unpaired) electrons. The highest BCUT2D eigenvalue weighted by Gasteiger charge is 2.24.